The molecular formula is C18H24FNO4. The number of aryl methyl sites for hydroxylation is 1. The van der Waals surface area contributed by atoms with Gasteiger partial charge in [-0.3, -0.25) is 4.90 Å². The second-order valence-electron chi connectivity index (χ2n) is 7.21. The first-order valence-corrected chi connectivity index (χ1v) is 8.08. The number of ether oxygens (including phenoxy) is 1. The van der Waals surface area contributed by atoms with E-state index in [4.69, 9.17) is 4.74 Å². The van der Waals surface area contributed by atoms with Crippen molar-refractivity contribution in [2.45, 2.75) is 58.1 Å². The molecule has 0 unspecified atom stereocenters. The van der Waals surface area contributed by atoms with Gasteiger partial charge in [0, 0.05) is 12.5 Å². The Bertz CT molecular complexity index is 638. The average molecular weight is 337 g/mol. The van der Waals surface area contributed by atoms with Gasteiger partial charge < -0.3 is 9.84 Å². The highest BCUT2D eigenvalue weighted by Gasteiger charge is 2.41. The number of halogens is 1. The van der Waals surface area contributed by atoms with E-state index in [1.54, 1.807) is 39.8 Å². The van der Waals surface area contributed by atoms with Crippen LogP contribution in [0.1, 0.15) is 50.7 Å². The molecule has 0 radical (unpaired) electrons. The van der Waals surface area contributed by atoms with E-state index in [1.807, 2.05) is 0 Å². The second kappa shape index (κ2) is 6.79. The van der Waals surface area contributed by atoms with E-state index < -0.39 is 23.7 Å². The van der Waals surface area contributed by atoms with E-state index >= 15 is 0 Å². The molecule has 132 valence electrons. The molecule has 0 aliphatic carbocycles. The lowest BCUT2D eigenvalue weighted by Crippen LogP contribution is -2.53. The van der Waals surface area contributed by atoms with Crippen molar-refractivity contribution in [3.63, 3.8) is 0 Å². The minimum absolute atomic E-state index is 0.328. The van der Waals surface area contributed by atoms with Crippen molar-refractivity contribution in [1.82, 2.24) is 4.90 Å². The molecule has 1 aromatic rings. The molecule has 0 aromatic heterocycles. The number of carboxylic acids is 1. The van der Waals surface area contributed by atoms with Crippen LogP contribution in [0.3, 0.4) is 0 Å². The predicted molar refractivity (Wildman–Crippen MR) is 87.5 cm³/mol. The van der Waals surface area contributed by atoms with E-state index in [0.717, 1.165) is 5.56 Å². The Kier molecular flexibility index (Phi) is 5.16. The van der Waals surface area contributed by atoms with Crippen molar-refractivity contribution in [3.05, 3.63) is 35.1 Å². The summed E-state index contributed by atoms with van der Waals surface area (Å²) in [6.45, 7) is 7.20. The lowest BCUT2D eigenvalue weighted by Gasteiger charge is -2.39. The van der Waals surface area contributed by atoms with Crippen LogP contribution in [0.2, 0.25) is 0 Å². The fourth-order valence-corrected chi connectivity index (χ4v) is 3.07. The van der Waals surface area contributed by atoms with Gasteiger partial charge in [0.1, 0.15) is 17.5 Å². The maximum absolute atomic E-state index is 13.5. The first kappa shape index (κ1) is 18.2. The summed E-state index contributed by atoms with van der Waals surface area (Å²) < 4.78 is 18.9. The highest BCUT2D eigenvalue weighted by molar-refractivity contribution is 5.81. The molecule has 5 nitrogen and oxygen atoms in total. The van der Waals surface area contributed by atoms with Gasteiger partial charge in [-0.15, -0.1) is 0 Å². The Balaban J connectivity index is 2.33. The Morgan fingerprint density at radius 3 is 2.54 bits per heavy atom. The molecule has 0 saturated carbocycles. The quantitative estimate of drug-likeness (QED) is 0.893. The fraction of sp³-hybridized carbons (Fsp3) is 0.556. The van der Waals surface area contributed by atoms with Gasteiger partial charge in [0.25, 0.3) is 0 Å². The lowest BCUT2D eigenvalue weighted by atomic mass is 9.83. The Morgan fingerprint density at radius 1 is 1.33 bits per heavy atom. The molecule has 1 aliphatic rings. The number of aliphatic carboxylic acids is 1. The molecule has 1 fully saturated rings. The molecule has 1 aliphatic heterocycles. The first-order chi connectivity index (χ1) is 11.1. The Labute approximate surface area is 141 Å². The van der Waals surface area contributed by atoms with E-state index in [2.05, 4.69) is 0 Å². The van der Waals surface area contributed by atoms with Crippen LogP contribution < -0.4 is 0 Å². The van der Waals surface area contributed by atoms with Crippen LogP contribution in [0.4, 0.5) is 9.18 Å². The topological polar surface area (TPSA) is 66.8 Å². The maximum Gasteiger partial charge on any atom is 0.411 e. The van der Waals surface area contributed by atoms with Crippen LogP contribution >= 0.6 is 0 Å². The van der Waals surface area contributed by atoms with Gasteiger partial charge in [-0.25, -0.2) is 14.0 Å². The van der Waals surface area contributed by atoms with Gasteiger partial charge in [-0.1, -0.05) is 12.1 Å². The number of piperidine rings is 1. The molecule has 1 N–H and O–H groups in total. The zero-order valence-electron chi connectivity index (χ0n) is 14.5. The van der Waals surface area contributed by atoms with Crippen molar-refractivity contribution < 1.29 is 23.8 Å². The maximum atomic E-state index is 13.5. The standard InChI is InChI=1S/C18H24FNO4/c1-11-10-12(7-8-14(11)19)13-6-5-9-20(15(13)16(21)22)17(23)24-18(2,3)4/h7-8,10,13,15H,5-6,9H2,1-4H3,(H,21,22)/t13-,15-/m0/s1. The molecule has 1 heterocycles. The molecule has 0 spiro atoms. The zero-order chi connectivity index (χ0) is 18.1. The van der Waals surface area contributed by atoms with E-state index in [-0.39, 0.29) is 11.7 Å². The summed E-state index contributed by atoms with van der Waals surface area (Å²) in [6.07, 6.45) is 0.671. The number of rotatable bonds is 2. The molecular weight excluding hydrogens is 313 g/mol. The van der Waals surface area contributed by atoms with Crippen molar-refractivity contribution in [2.24, 2.45) is 0 Å². The van der Waals surface area contributed by atoms with Gasteiger partial charge in [0.2, 0.25) is 0 Å². The summed E-state index contributed by atoms with van der Waals surface area (Å²) in [6, 6.07) is 3.59. The van der Waals surface area contributed by atoms with Crippen molar-refractivity contribution in [1.29, 1.82) is 0 Å². The van der Waals surface area contributed by atoms with E-state index in [9.17, 15) is 19.1 Å². The Morgan fingerprint density at radius 2 is 2.00 bits per heavy atom. The number of benzene rings is 1. The summed E-state index contributed by atoms with van der Waals surface area (Å²) in [5.41, 5.74) is 0.500. The van der Waals surface area contributed by atoms with Crippen LogP contribution in [0, 0.1) is 12.7 Å². The van der Waals surface area contributed by atoms with Crippen LogP contribution in [-0.2, 0) is 9.53 Å². The number of hydrogen-bond donors (Lipinski definition) is 1. The number of carbonyl (C=O) groups excluding carboxylic acids is 1. The van der Waals surface area contributed by atoms with Gasteiger partial charge >= 0.3 is 12.1 Å². The third-order valence-corrected chi connectivity index (χ3v) is 4.12. The number of carboxylic acid groups (broad SMARTS) is 1. The highest BCUT2D eigenvalue weighted by Crippen LogP contribution is 2.34. The third kappa shape index (κ3) is 4.04. The smallest absolute Gasteiger partial charge is 0.411 e. The fourth-order valence-electron chi connectivity index (χ4n) is 3.07. The van der Waals surface area contributed by atoms with Crippen LogP contribution in [0.15, 0.2) is 18.2 Å². The molecule has 1 amide bonds. The van der Waals surface area contributed by atoms with Crippen molar-refractivity contribution >= 4 is 12.1 Å². The van der Waals surface area contributed by atoms with Crippen LogP contribution in [-0.4, -0.2) is 40.3 Å². The van der Waals surface area contributed by atoms with Crippen LogP contribution in [0.25, 0.3) is 0 Å². The number of likely N-dealkylation sites (tertiary alicyclic amines) is 1. The van der Waals surface area contributed by atoms with Crippen molar-refractivity contribution in [3.8, 4) is 0 Å². The summed E-state index contributed by atoms with van der Waals surface area (Å²) in [7, 11) is 0. The van der Waals surface area contributed by atoms with Gasteiger partial charge in [0.05, 0.1) is 0 Å². The minimum atomic E-state index is -1.08. The summed E-state index contributed by atoms with van der Waals surface area (Å²) >= 11 is 0. The summed E-state index contributed by atoms with van der Waals surface area (Å²) in [4.78, 5) is 25.5. The first-order valence-electron chi connectivity index (χ1n) is 8.08. The van der Waals surface area contributed by atoms with E-state index in [1.165, 1.54) is 11.0 Å². The molecule has 24 heavy (non-hydrogen) atoms. The largest absolute Gasteiger partial charge is 0.480 e. The van der Waals surface area contributed by atoms with Gasteiger partial charge in [0.15, 0.2) is 0 Å². The number of amides is 1. The summed E-state index contributed by atoms with van der Waals surface area (Å²) in [5.74, 6) is -1.79. The SMILES string of the molecule is Cc1cc([C@@H]2CCCN(C(=O)OC(C)(C)C)[C@@H]2C(=O)O)ccc1F. The number of nitrogens with zero attached hydrogens (tertiary/aromatic N) is 1. The molecule has 0 bridgehead atoms. The molecule has 2 atom stereocenters. The van der Waals surface area contributed by atoms with Crippen molar-refractivity contribution in [2.75, 3.05) is 6.54 Å². The Hall–Kier alpha value is -2.11. The summed E-state index contributed by atoms with van der Waals surface area (Å²) in [5, 5.41) is 9.69. The average Bonchev–Trinajstić information content (AvgIpc) is 2.47. The highest BCUT2D eigenvalue weighted by atomic mass is 19.1. The van der Waals surface area contributed by atoms with Crippen LogP contribution in [0.5, 0.6) is 0 Å². The lowest BCUT2D eigenvalue weighted by molar-refractivity contribution is -0.145. The van der Waals surface area contributed by atoms with Gasteiger partial charge in [-0.05, 0) is 57.7 Å². The molecule has 1 saturated heterocycles. The second-order valence-corrected chi connectivity index (χ2v) is 7.21. The predicted octanol–water partition coefficient (Wildman–Crippen LogP) is 3.70. The normalized spacial score (nSPS) is 21.5. The molecule has 2 rings (SSSR count). The molecule has 1 aromatic carbocycles. The molecule has 6 heteroatoms. The monoisotopic (exact) mass is 337 g/mol. The third-order valence-electron chi connectivity index (χ3n) is 4.12. The number of carbonyl (C=O) groups is 2. The van der Waals surface area contributed by atoms with Gasteiger partial charge in [-0.2, -0.15) is 0 Å². The van der Waals surface area contributed by atoms with E-state index in [0.29, 0.717) is 24.9 Å². The number of hydrogen-bond acceptors (Lipinski definition) is 3. The zero-order valence-corrected chi connectivity index (χ0v) is 14.5. The minimum Gasteiger partial charge on any atom is -0.480 e.